The maximum atomic E-state index is 13.2. The Morgan fingerprint density at radius 2 is 1.71 bits per heavy atom. The first-order chi connectivity index (χ1) is 14.8. The number of hydrogen-bond acceptors (Lipinski definition) is 4. The molecule has 0 atom stereocenters. The van der Waals surface area contributed by atoms with Crippen LogP contribution >= 0.6 is 11.6 Å². The third-order valence-electron chi connectivity index (χ3n) is 5.42. The van der Waals surface area contributed by atoms with Crippen molar-refractivity contribution in [3.05, 3.63) is 58.6 Å². The number of halogens is 1. The number of sulfonamides is 1. The summed E-state index contributed by atoms with van der Waals surface area (Å²) in [5.41, 5.74) is 1.43. The first-order valence-corrected chi connectivity index (χ1v) is 12.4. The van der Waals surface area contributed by atoms with E-state index < -0.39 is 10.0 Å². The number of nitrogens with zero attached hydrogens (tertiary/aromatic N) is 2. The van der Waals surface area contributed by atoms with Gasteiger partial charge in [-0.1, -0.05) is 42.1 Å². The minimum Gasteiger partial charge on any atom is -0.492 e. The lowest BCUT2D eigenvalue weighted by Gasteiger charge is -2.22. The fourth-order valence-electron chi connectivity index (χ4n) is 3.51. The van der Waals surface area contributed by atoms with Crippen molar-refractivity contribution >= 4 is 27.5 Å². The number of benzene rings is 2. The molecule has 1 aliphatic rings. The van der Waals surface area contributed by atoms with Gasteiger partial charge in [0.15, 0.2) is 0 Å². The van der Waals surface area contributed by atoms with Crippen molar-refractivity contribution in [2.45, 2.75) is 37.5 Å². The van der Waals surface area contributed by atoms with Crippen molar-refractivity contribution in [2.75, 3.05) is 33.3 Å². The monoisotopic (exact) mass is 464 g/mol. The van der Waals surface area contributed by atoms with Gasteiger partial charge in [-0.25, -0.2) is 8.42 Å². The van der Waals surface area contributed by atoms with Crippen LogP contribution in [-0.2, 0) is 10.0 Å². The molecule has 0 aliphatic carbocycles. The van der Waals surface area contributed by atoms with Gasteiger partial charge in [0.1, 0.15) is 17.3 Å². The van der Waals surface area contributed by atoms with Crippen LogP contribution < -0.4 is 4.74 Å². The lowest BCUT2D eigenvalue weighted by molar-refractivity contribution is 0.0773. The minimum atomic E-state index is -3.75. The van der Waals surface area contributed by atoms with Crippen LogP contribution in [0.15, 0.2) is 47.4 Å². The van der Waals surface area contributed by atoms with Crippen LogP contribution in [0, 0.1) is 6.92 Å². The normalized spacial score (nSPS) is 15.3. The number of hydrogen-bond donors (Lipinski definition) is 0. The van der Waals surface area contributed by atoms with E-state index in [1.165, 1.54) is 21.3 Å². The van der Waals surface area contributed by atoms with E-state index in [2.05, 4.69) is 0 Å². The molecule has 0 spiro atoms. The standard InChI is InChI=1S/C23H29ClN2O4S/c1-18-7-10-20(11-8-18)30-16-15-25(2)23(27)19-9-12-21(24)22(17-19)31(28,29)26-13-5-3-4-6-14-26/h7-12,17H,3-6,13-16H2,1-2H3. The summed E-state index contributed by atoms with van der Waals surface area (Å²) in [4.78, 5) is 14.4. The fourth-order valence-corrected chi connectivity index (χ4v) is 5.53. The molecule has 1 amide bonds. The van der Waals surface area contributed by atoms with Gasteiger partial charge in [-0.3, -0.25) is 4.79 Å². The lowest BCUT2D eigenvalue weighted by Crippen LogP contribution is -2.33. The van der Waals surface area contributed by atoms with Crippen LogP contribution in [0.25, 0.3) is 0 Å². The average molecular weight is 465 g/mol. The van der Waals surface area contributed by atoms with Crippen LogP contribution in [0.2, 0.25) is 5.02 Å². The summed E-state index contributed by atoms with van der Waals surface area (Å²) in [6, 6.07) is 12.1. The molecule has 2 aromatic carbocycles. The van der Waals surface area contributed by atoms with Gasteiger partial charge in [0, 0.05) is 25.7 Å². The predicted octanol–water partition coefficient (Wildman–Crippen LogP) is 4.36. The van der Waals surface area contributed by atoms with E-state index in [0.717, 1.165) is 37.0 Å². The molecule has 31 heavy (non-hydrogen) atoms. The number of likely N-dealkylation sites (N-methyl/N-ethyl adjacent to an activating group) is 1. The molecule has 6 nitrogen and oxygen atoms in total. The van der Waals surface area contributed by atoms with E-state index in [4.69, 9.17) is 16.3 Å². The summed E-state index contributed by atoms with van der Waals surface area (Å²) >= 11 is 6.24. The number of aryl methyl sites for hydroxylation is 1. The smallest absolute Gasteiger partial charge is 0.253 e. The third-order valence-corrected chi connectivity index (χ3v) is 7.80. The Morgan fingerprint density at radius 1 is 1.06 bits per heavy atom. The molecule has 0 unspecified atom stereocenters. The highest BCUT2D eigenvalue weighted by Gasteiger charge is 2.28. The van der Waals surface area contributed by atoms with E-state index in [0.29, 0.717) is 26.2 Å². The average Bonchev–Trinajstić information content (AvgIpc) is 3.05. The van der Waals surface area contributed by atoms with Crippen LogP contribution in [-0.4, -0.2) is 56.8 Å². The van der Waals surface area contributed by atoms with Crippen molar-refractivity contribution < 1.29 is 17.9 Å². The van der Waals surface area contributed by atoms with E-state index >= 15 is 0 Å². The minimum absolute atomic E-state index is 0.00813. The van der Waals surface area contributed by atoms with Crippen LogP contribution in [0.1, 0.15) is 41.6 Å². The van der Waals surface area contributed by atoms with E-state index in [1.807, 2.05) is 31.2 Å². The van der Waals surface area contributed by atoms with Crippen LogP contribution in [0.5, 0.6) is 5.75 Å². The van der Waals surface area contributed by atoms with Crippen molar-refractivity contribution in [1.29, 1.82) is 0 Å². The van der Waals surface area contributed by atoms with Crippen molar-refractivity contribution in [3.63, 3.8) is 0 Å². The highest BCUT2D eigenvalue weighted by atomic mass is 35.5. The molecule has 2 aromatic rings. The first-order valence-electron chi connectivity index (χ1n) is 10.5. The molecular formula is C23H29ClN2O4S. The maximum absolute atomic E-state index is 13.2. The Labute approximate surface area is 189 Å². The molecule has 0 bridgehead atoms. The molecule has 1 saturated heterocycles. The summed E-state index contributed by atoms with van der Waals surface area (Å²) in [6.07, 6.45) is 3.71. The first kappa shape index (κ1) is 23.6. The van der Waals surface area contributed by atoms with Crippen molar-refractivity contribution in [3.8, 4) is 5.75 Å². The second kappa shape index (κ2) is 10.5. The van der Waals surface area contributed by atoms with E-state index in [9.17, 15) is 13.2 Å². The van der Waals surface area contributed by atoms with Gasteiger partial charge in [0.2, 0.25) is 10.0 Å². The molecule has 0 N–H and O–H groups in total. The molecule has 168 valence electrons. The van der Waals surface area contributed by atoms with Crippen molar-refractivity contribution in [2.24, 2.45) is 0 Å². The highest BCUT2D eigenvalue weighted by Crippen LogP contribution is 2.28. The molecule has 1 heterocycles. The van der Waals surface area contributed by atoms with Gasteiger partial charge in [0.05, 0.1) is 11.6 Å². The van der Waals surface area contributed by atoms with Gasteiger partial charge in [-0.2, -0.15) is 4.31 Å². The topological polar surface area (TPSA) is 66.9 Å². The lowest BCUT2D eigenvalue weighted by atomic mass is 10.2. The van der Waals surface area contributed by atoms with Gasteiger partial charge < -0.3 is 9.64 Å². The second-order valence-corrected chi connectivity index (χ2v) is 10.2. The summed E-state index contributed by atoms with van der Waals surface area (Å²) in [7, 11) is -2.08. The number of carbonyl (C=O) groups excluding carboxylic acids is 1. The summed E-state index contributed by atoms with van der Waals surface area (Å²) < 4.78 is 33.5. The van der Waals surface area contributed by atoms with Gasteiger partial charge in [-0.15, -0.1) is 0 Å². The van der Waals surface area contributed by atoms with E-state index in [1.54, 1.807) is 13.1 Å². The van der Waals surface area contributed by atoms with Crippen molar-refractivity contribution in [1.82, 2.24) is 9.21 Å². The Morgan fingerprint density at radius 3 is 2.35 bits per heavy atom. The predicted molar refractivity (Wildman–Crippen MR) is 122 cm³/mol. The molecule has 0 saturated carbocycles. The summed E-state index contributed by atoms with van der Waals surface area (Å²) in [5, 5.41) is 0.131. The Hall–Kier alpha value is -2.09. The quantitative estimate of drug-likeness (QED) is 0.610. The third kappa shape index (κ3) is 5.99. The van der Waals surface area contributed by atoms with Gasteiger partial charge >= 0.3 is 0 Å². The molecule has 8 heteroatoms. The number of rotatable bonds is 7. The molecule has 1 fully saturated rings. The Kier molecular flexibility index (Phi) is 7.97. The zero-order chi connectivity index (χ0) is 22.4. The van der Waals surface area contributed by atoms with Gasteiger partial charge in [0.25, 0.3) is 5.91 Å². The largest absolute Gasteiger partial charge is 0.492 e. The fraction of sp³-hybridized carbons (Fsp3) is 0.435. The Balaban J connectivity index is 1.69. The zero-order valence-corrected chi connectivity index (χ0v) is 19.6. The number of carbonyl (C=O) groups is 1. The van der Waals surface area contributed by atoms with E-state index in [-0.39, 0.29) is 21.4 Å². The van der Waals surface area contributed by atoms with Crippen LogP contribution in [0.3, 0.4) is 0 Å². The second-order valence-electron chi connectivity index (χ2n) is 7.85. The summed E-state index contributed by atoms with van der Waals surface area (Å²) in [6.45, 7) is 3.66. The molecular weight excluding hydrogens is 436 g/mol. The highest BCUT2D eigenvalue weighted by molar-refractivity contribution is 7.89. The molecule has 0 aromatic heterocycles. The maximum Gasteiger partial charge on any atom is 0.253 e. The zero-order valence-electron chi connectivity index (χ0n) is 18.0. The number of ether oxygens (including phenoxy) is 1. The molecule has 0 radical (unpaired) electrons. The molecule has 3 rings (SSSR count). The van der Waals surface area contributed by atoms with Crippen LogP contribution in [0.4, 0.5) is 0 Å². The van der Waals surface area contributed by atoms with Gasteiger partial charge in [-0.05, 0) is 50.1 Å². The molecule has 1 aliphatic heterocycles. The number of amides is 1. The Bertz CT molecular complexity index is 1000. The SMILES string of the molecule is Cc1ccc(OCCN(C)C(=O)c2ccc(Cl)c(S(=O)(=O)N3CCCCCC3)c2)cc1. The summed E-state index contributed by atoms with van der Waals surface area (Å²) in [5.74, 6) is 0.459.